The number of ether oxygens (including phenoxy) is 1. The minimum atomic E-state index is -3.16. The topological polar surface area (TPSA) is 75.7 Å². The van der Waals surface area contributed by atoms with Crippen molar-refractivity contribution in [2.45, 2.75) is 25.9 Å². The van der Waals surface area contributed by atoms with Gasteiger partial charge in [-0.25, -0.2) is 17.6 Å². The molecular weight excluding hydrogens is 323 g/mol. The summed E-state index contributed by atoms with van der Waals surface area (Å²) in [5.74, 6) is 0.0590. The van der Waals surface area contributed by atoms with Gasteiger partial charge in [0.2, 0.25) is 0 Å². The molecule has 1 N–H and O–H groups in total. The van der Waals surface area contributed by atoms with Gasteiger partial charge in [-0.2, -0.15) is 0 Å². The lowest BCUT2D eigenvalue weighted by atomic mass is 10.3. The molecule has 0 heterocycles. The van der Waals surface area contributed by atoms with E-state index in [0.717, 1.165) is 6.26 Å². The first-order valence-corrected chi connectivity index (χ1v) is 9.24. The van der Waals surface area contributed by atoms with Gasteiger partial charge in [0.25, 0.3) is 0 Å². The number of carbonyl (C=O) groups is 1. The second kappa shape index (κ2) is 8.14. The number of amides is 2. The SMILES string of the molecule is C[C@H](COc1ccc(F)cc1)NC(=O)N(C)[C@@H](C)CS(C)(=O)=O. The van der Waals surface area contributed by atoms with Gasteiger partial charge in [0, 0.05) is 19.3 Å². The number of nitrogens with zero attached hydrogens (tertiary/aromatic N) is 1. The molecule has 0 radical (unpaired) electrons. The van der Waals surface area contributed by atoms with Crippen molar-refractivity contribution in [2.24, 2.45) is 0 Å². The molecule has 1 aromatic carbocycles. The van der Waals surface area contributed by atoms with Crippen LogP contribution in [0.3, 0.4) is 0 Å². The fraction of sp³-hybridized carbons (Fsp3) is 0.533. The molecule has 0 aliphatic rings. The molecule has 130 valence electrons. The van der Waals surface area contributed by atoms with Crippen LogP contribution in [0.15, 0.2) is 24.3 Å². The minimum absolute atomic E-state index is 0.0998. The molecule has 0 aliphatic carbocycles. The number of rotatable bonds is 7. The quantitative estimate of drug-likeness (QED) is 0.815. The fourth-order valence-electron chi connectivity index (χ4n) is 1.86. The van der Waals surface area contributed by atoms with Crippen LogP contribution in [0, 0.1) is 5.82 Å². The van der Waals surface area contributed by atoms with Crippen molar-refractivity contribution in [1.29, 1.82) is 0 Å². The van der Waals surface area contributed by atoms with Crippen LogP contribution >= 0.6 is 0 Å². The van der Waals surface area contributed by atoms with Crippen LogP contribution in [0.5, 0.6) is 5.75 Å². The predicted molar refractivity (Wildman–Crippen MR) is 86.8 cm³/mol. The van der Waals surface area contributed by atoms with E-state index in [1.165, 1.54) is 29.2 Å². The molecule has 8 heteroatoms. The van der Waals surface area contributed by atoms with Crippen molar-refractivity contribution >= 4 is 15.9 Å². The number of benzene rings is 1. The molecular formula is C15H23FN2O4S. The summed E-state index contributed by atoms with van der Waals surface area (Å²) < 4.78 is 40.8. The van der Waals surface area contributed by atoms with E-state index < -0.39 is 15.9 Å². The molecule has 0 saturated heterocycles. The van der Waals surface area contributed by atoms with E-state index in [4.69, 9.17) is 4.74 Å². The second-order valence-electron chi connectivity index (χ2n) is 5.67. The first-order chi connectivity index (χ1) is 10.6. The minimum Gasteiger partial charge on any atom is -0.491 e. The molecule has 0 saturated carbocycles. The maximum Gasteiger partial charge on any atom is 0.317 e. The van der Waals surface area contributed by atoms with Gasteiger partial charge in [0.1, 0.15) is 28.0 Å². The van der Waals surface area contributed by atoms with Crippen molar-refractivity contribution in [1.82, 2.24) is 10.2 Å². The Hall–Kier alpha value is -1.83. The molecule has 0 bridgehead atoms. The summed E-state index contributed by atoms with van der Waals surface area (Å²) in [7, 11) is -1.62. The van der Waals surface area contributed by atoms with Gasteiger partial charge in [-0.05, 0) is 38.1 Å². The summed E-state index contributed by atoms with van der Waals surface area (Å²) >= 11 is 0. The Morgan fingerprint density at radius 2 is 1.87 bits per heavy atom. The molecule has 6 nitrogen and oxygen atoms in total. The highest BCUT2D eigenvalue weighted by molar-refractivity contribution is 7.90. The van der Waals surface area contributed by atoms with Crippen LogP contribution < -0.4 is 10.1 Å². The second-order valence-corrected chi connectivity index (χ2v) is 7.85. The van der Waals surface area contributed by atoms with Crippen LogP contribution in [-0.2, 0) is 9.84 Å². The molecule has 1 rings (SSSR count). The maximum absolute atomic E-state index is 12.8. The Bertz CT molecular complexity index is 619. The molecule has 0 spiro atoms. The number of hydrogen-bond donors (Lipinski definition) is 1. The van der Waals surface area contributed by atoms with E-state index in [1.807, 2.05) is 0 Å². The number of halogens is 1. The third-order valence-corrected chi connectivity index (χ3v) is 4.30. The summed E-state index contributed by atoms with van der Waals surface area (Å²) in [6.07, 6.45) is 1.13. The first-order valence-electron chi connectivity index (χ1n) is 7.18. The number of sulfone groups is 1. The highest BCUT2D eigenvalue weighted by Crippen LogP contribution is 2.11. The van der Waals surface area contributed by atoms with Crippen LogP contribution in [0.2, 0.25) is 0 Å². The third-order valence-electron chi connectivity index (χ3n) is 3.21. The predicted octanol–water partition coefficient (Wildman–Crippen LogP) is 1.67. The zero-order valence-electron chi connectivity index (χ0n) is 13.7. The molecule has 2 amide bonds. The summed E-state index contributed by atoms with van der Waals surface area (Å²) in [5, 5.41) is 2.72. The Morgan fingerprint density at radius 3 is 2.39 bits per heavy atom. The van der Waals surface area contributed by atoms with Crippen LogP contribution in [0.25, 0.3) is 0 Å². The van der Waals surface area contributed by atoms with Gasteiger partial charge in [0.05, 0.1) is 11.8 Å². The number of carbonyl (C=O) groups excluding carboxylic acids is 1. The standard InChI is InChI=1S/C15H23FN2O4S/c1-11(9-22-14-7-5-13(16)6-8-14)17-15(19)18(3)12(2)10-23(4,20)21/h5-8,11-12H,9-10H2,1-4H3,(H,17,19)/t11-,12+/m1/s1. The Morgan fingerprint density at radius 1 is 1.30 bits per heavy atom. The zero-order valence-corrected chi connectivity index (χ0v) is 14.6. The average molecular weight is 346 g/mol. The first kappa shape index (κ1) is 19.2. The summed E-state index contributed by atoms with van der Waals surface area (Å²) in [6.45, 7) is 3.64. The van der Waals surface area contributed by atoms with Gasteiger partial charge in [-0.3, -0.25) is 0 Å². The van der Waals surface area contributed by atoms with Crippen molar-refractivity contribution in [3.8, 4) is 5.75 Å². The molecule has 0 unspecified atom stereocenters. The van der Waals surface area contributed by atoms with Gasteiger partial charge in [-0.15, -0.1) is 0 Å². The zero-order chi connectivity index (χ0) is 17.6. The lowest BCUT2D eigenvalue weighted by Crippen LogP contribution is -2.48. The van der Waals surface area contributed by atoms with Gasteiger partial charge in [0.15, 0.2) is 0 Å². The normalized spacial score (nSPS) is 14.0. The van der Waals surface area contributed by atoms with Crippen molar-refractivity contribution in [2.75, 3.05) is 25.7 Å². The molecule has 0 aromatic heterocycles. The fourth-order valence-corrected chi connectivity index (χ4v) is 2.96. The van der Waals surface area contributed by atoms with Gasteiger partial charge in [-0.1, -0.05) is 0 Å². The summed E-state index contributed by atoms with van der Waals surface area (Å²) in [5.41, 5.74) is 0. The highest BCUT2D eigenvalue weighted by Gasteiger charge is 2.20. The Balaban J connectivity index is 2.44. The lowest BCUT2D eigenvalue weighted by molar-refractivity contribution is 0.187. The molecule has 2 atom stereocenters. The van der Waals surface area contributed by atoms with Crippen LogP contribution in [-0.4, -0.2) is 57.1 Å². The Kier molecular flexibility index (Phi) is 6.80. The number of nitrogens with one attached hydrogen (secondary N) is 1. The van der Waals surface area contributed by atoms with Gasteiger partial charge < -0.3 is 15.0 Å². The summed E-state index contributed by atoms with van der Waals surface area (Å²) in [6, 6.07) is 4.49. The third kappa shape index (κ3) is 7.32. The van der Waals surface area contributed by atoms with E-state index in [1.54, 1.807) is 20.9 Å². The molecule has 0 fully saturated rings. The monoisotopic (exact) mass is 346 g/mol. The van der Waals surface area contributed by atoms with E-state index in [-0.39, 0.29) is 30.2 Å². The highest BCUT2D eigenvalue weighted by atomic mass is 32.2. The summed E-state index contributed by atoms with van der Waals surface area (Å²) in [4.78, 5) is 13.4. The van der Waals surface area contributed by atoms with Crippen LogP contribution in [0.1, 0.15) is 13.8 Å². The average Bonchev–Trinajstić information content (AvgIpc) is 2.44. The van der Waals surface area contributed by atoms with Crippen molar-refractivity contribution in [3.05, 3.63) is 30.1 Å². The Labute approximate surface area is 136 Å². The van der Waals surface area contributed by atoms with E-state index >= 15 is 0 Å². The number of hydrogen-bond acceptors (Lipinski definition) is 4. The number of urea groups is 1. The van der Waals surface area contributed by atoms with E-state index in [9.17, 15) is 17.6 Å². The largest absolute Gasteiger partial charge is 0.491 e. The molecule has 1 aromatic rings. The maximum atomic E-state index is 12.8. The van der Waals surface area contributed by atoms with Crippen molar-refractivity contribution in [3.63, 3.8) is 0 Å². The van der Waals surface area contributed by atoms with Crippen molar-refractivity contribution < 1.29 is 22.3 Å². The smallest absolute Gasteiger partial charge is 0.317 e. The van der Waals surface area contributed by atoms with Gasteiger partial charge >= 0.3 is 6.03 Å². The van der Waals surface area contributed by atoms with E-state index in [0.29, 0.717) is 5.75 Å². The lowest BCUT2D eigenvalue weighted by Gasteiger charge is -2.26. The van der Waals surface area contributed by atoms with E-state index in [2.05, 4.69) is 5.32 Å². The molecule has 23 heavy (non-hydrogen) atoms. The van der Waals surface area contributed by atoms with Crippen LogP contribution in [0.4, 0.5) is 9.18 Å². The molecule has 0 aliphatic heterocycles.